The average Bonchev–Trinajstić information content (AvgIpc) is 3.01. The topological polar surface area (TPSA) is 54.6 Å². The molecule has 0 aliphatic heterocycles. The van der Waals surface area contributed by atoms with Gasteiger partial charge in [-0.2, -0.15) is 0 Å². The molecular formula is C17H23NO3. The van der Waals surface area contributed by atoms with Crippen LogP contribution in [0.15, 0.2) is 47.1 Å². The van der Waals surface area contributed by atoms with E-state index < -0.39 is 6.10 Å². The molecule has 1 heterocycles. The molecule has 21 heavy (non-hydrogen) atoms. The summed E-state index contributed by atoms with van der Waals surface area (Å²) in [5.74, 6) is 0.770. The molecule has 4 nitrogen and oxygen atoms in total. The zero-order chi connectivity index (χ0) is 14.9. The highest BCUT2D eigenvalue weighted by molar-refractivity contribution is 5.22. The Hall–Kier alpha value is -1.62. The molecular weight excluding hydrogens is 266 g/mol. The van der Waals surface area contributed by atoms with Crippen LogP contribution in [0, 0.1) is 0 Å². The smallest absolute Gasteiger partial charge is 0.129 e. The van der Waals surface area contributed by atoms with Crippen molar-refractivity contribution in [3.63, 3.8) is 0 Å². The number of aliphatic hydroxyl groups excluding tert-OH is 1. The van der Waals surface area contributed by atoms with Crippen molar-refractivity contribution in [2.75, 3.05) is 13.2 Å². The number of ether oxygens (including phenoxy) is 1. The van der Waals surface area contributed by atoms with Gasteiger partial charge in [0.25, 0.3) is 0 Å². The third kappa shape index (κ3) is 5.71. The fraction of sp³-hybridized carbons (Fsp3) is 0.412. The number of aliphatic hydroxyl groups is 1. The summed E-state index contributed by atoms with van der Waals surface area (Å²) in [5, 5.41) is 13.0. The van der Waals surface area contributed by atoms with Gasteiger partial charge in [-0.3, -0.25) is 0 Å². The largest absolute Gasteiger partial charge is 0.467 e. The lowest BCUT2D eigenvalue weighted by atomic mass is 10.1. The SMILES string of the molecule is CCc1ccc(CNCC(O)COCc2ccco2)cc1. The van der Waals surface area contributed by atoms with Crippen LogP contribution in [0.3, 0.4) is 0 Å². The van der Waals surface area contributed by atoms with Gasteiger partial charge in [0.1, 0.15) is 12.4 Å². The zero-order valence-electron chi connectivity index (χ0n) is 12.4. The minimum Gasteiger partial charge on any atom is -0.467 e. The summed E-state index contributed by atoms with van der Waals surface area (Å²) in [6.45, 7) is 4.09. The summed E-state index contributed by atoms with van der Waals surface area (Å²) in [5.41, 5.74) is 2.56. The Labute approximate surface area is 125 Å². The first-order chi connectivity index (χ1) is 10.3. The number of rotatable bonds is 9. The zero-order valence-corrected chi connectivity index (χ0v) is 12.4. The van der Waals surface area contributed by atoms with E-state index in [1.54, 1.807) is 6.26 Å². The van der Waals surface area contributed by atoms with Crippen LogP contribution in [-0.2, 0) is 24.3 Å². The van der Waals surface area contributed by atoms with E-state index in [2.05, 4.69) is 36.5 Å². The van der Waals surface area contributed by atoms with Gasteiger partial charge in [-0.1, -0.05) is 31.2 Å². The first-order valence-corrected chi connectivity index (χ1v) is 7.34. The Morgan fingerprint density at radius 2 is 1.95 bits per heavy atom. The second-order valence-electron chi connectivity index (χ2n) is 5.05. The summed E-state index contributed by atoms with van der Waals surface area (Å²) >= 11 is 0. The third-order valence-electron chi connectivity index (χ3n) is 3.27. The van der Waals surface area contributed by atoms with Crippen LogP contribution in [0.25, 0.3) is 0 Å². The number of hydrogen-bond donors (Lipinski definition) is 2. The Kier molecular flexibility index (Phi) is 6.47. The van der Waals surface area contributed by atoms with E-state index in [4.69, 9.17) is 9.15 Å². The fourth-order valence-corrected chi connectivity index (χ4v) is 2.03. The van der Waals surface area contributed by atoms with E-state index >= 15 is 0 Å². The van der Waals surface area contributed by atoms with Gasteiger partial charge in [-0.05, 0) is 29.7 Å². The molecule has 0 amide bonds. The second-order valence-corrected chi connectivity index (χ2v) is 5.05. The molecule has 2 rings (SSSR count). The van der Waals surface area contributed by atoms with Gasteiger partial charge >= 0.3 is 0 Å². The fourth-order valence-electron chi connectivity index (χ4n) is 2.03. The highest BCUT2D eigenvalue weighted by atomic mass is 16.5. The van der Waals surface area contributed by atoms with Gasteiger partial charge in [-0.15, -0.1) is 0 Å². The van der Waals surface area contributed by atoms with Crippen LogP contribution in [0.2, 0.25) is 0 Å². The molecule has 1 aromatic carbocycles. The second kappa shape index (κ2) is 8.62. The van der Waals surface area contributed by atoms with Crippen molar-refractivity contribution in [3.05, 3.63) is 59.5 Å². The number of nitrogens with one attached hydrogen (secondary N) is 1. The van der Waals surface area contributed by atoms with E-state index in [-0.39, 0.29) is 0 Å². The molecule has 1 atom stereocenters. The molecule has 0 saturated heterocycles. The van der Waals surface area contributed by atoms with Crippen molar-refractivity contribution in [1.82, 2.24) is 5.32 Å². The van der Waals surface area contributed by atoms with Gasteiger partial charge < -0.3 is 19.6 Å². The van der Waals surface area contributed by atoms with E-state index in [0.717, 1.165) is 18.7 Å². The molecule has 2 aromatic rings. The number of hydrogen-bond acceptors (Lipinski definition) is 4. The Morgan fingerprint density at radius 1 is 1.19 bits per heavy atom. The Bertz CT molecular complexity index is 493. The van der Waals surface area contributed by atoms with Gasteiger partial charge in [-0.25, -0.2) is 0 Å². The molecule has 0 radical (unpaired) electrons. The molecule has 4 heteroatoms. The third-order valence-corrected chi connectivity index (χ3v) is 3.27. The lowest BCUT2D eigenvalue weighted by Crippen LogP contribution is -2.30. The van der Waals surface area contributed by atoms with Gasteiger partial charge in [0.15, 0.2) is 0 Å². The van der Waals surface area contributed by atoms with Crippen molar-refractivity contribution in [2.45, 2.75) is 32.6 Å². The first kappa shape index (κ1) is 15.8. The predicted molar refractivity (Wildman–Crippen MR) is 81.9 cm³/mol. The normalized spacial score (nSPS) is 12.5. The summed E-state index contributed by atoms with van der Waals surface area (Å²) in [6.07, 6.45) is 2.15. The van der Waals surface area contributed by atoms with Crippen molar-refractivity contribution in [3.8, 4) is 0 Å². The summed E-state index contributed by atoms with van der Waals surface area (Å²) in [7, 11) is 0. The van der Waals surface area contributed by atoms with Gasteiger partial charge in [0.2, 0.25) is 0 Å². The van der Waals surface area contributed by atoms with Crippen molar-refractivity contribution in [2.24, 2.45) is 0 Å². The van der Waals surface area contributed by atoms with Crippen LogP contribution in [0.5, 0.6) is 0 Å². The van der Waals surface area contributed by atoms with E-state index in [1.165, 1.54) is 11.1 Å². The Balaban J connectivity index is 1.58. The minimum atomic E-state index is -0.519. The molecule has 0 bridgehead atoms. The lowest BCUT2D eigenvalue weighted by molar-refractivity contribution is 0.0226. The molecule has 0 fully saturated rings. The molecule has 1 aromatic heterocycles. The maximum absolute atomic E-state index is 9.82. The highest BCUT2D eigenvalue weighted by Crippen LogP contribution is 2.05. The molecule has 1 unspecified atom stereocenters. The Morgan fingerprint density at radius 3 is 2.62 bits per heavy atom. The van der Waals surface area contributed by atoms with Crippen LogP contribution in [-0.4, -0.2) is 24.4 Å². The van der Waals surface area contributed by atoms with E-state index in [1.807, 2.05) is 12.1 Å². The van der Waals surface area contributed by atoms with Crippen LogP contribution < -0.4 is 5.32 Å². The van der Waals surface area contributed by atoms with Crippen LogP contribution in [0.4, 0.5) is 0 Å². The van der Waals surface area contributed by atoms with Crippen molar-refractivity contribution < 1.29 is 14.3 Å². The summed E-state index contributed by atoms with van der Waals surface area (Å²) < 4.78 is 10.5. The van der Waals surface area contributed by atoms with Crippen molar-refractivity contribution in [1.29, 1.82) is 0 Å². The summed E-state index contributed by atoms with van der Waals surface area (Å²) in [6, 6.07) is 12.2. The standard InChI is InChI=1S/C17H23NO3/c1-2-14-5-7-15(8-6-14)10-18-11-16(19)12-20-13-17-4-3-9-21-17/h3-9,16,18-19H,2,10-13H2,1H3. The number of furan rings is 1. The predicted octanol–water partition coefficient (Wildman–Crippen LogP) is 2.51. The number of aryl methyl sites for hydroxylation is 1. The highest BCUT2D eigenvalue weighted by Gasteiger charge is 2.05. The van der Waals surface area contributed by atoms with Gasteiger partial charge in [0, 0.05) is 13.1 Å². The van der Waals surface area contributed by atoms with Crippen molar-refractivity contribution >= 4 is 0 Å². The molecule has 0 saturated carbocycles. The molecule has 114 valence electrons. The van der Waals surface area contributed by atoms with E-state index in [0.29, 0.717) is 19.8 Å². The monoisotopic (exact) mass is 289 g/mol. The summed E-state index contributed by atoms with van der Waals surface area (Å²) in [4.78, 5) is 0. The van der Waals surface area contributed by atoms with Crippen LogP contribution in [0.1, 0.15) is 23.8 Å². The quantitative estimate of drug-likeness (QED) is 0.745. The first-order valence-electron chi connectivity index (χ1n) is 7.34. The van der Waals surface area contributed by atoms with Crippen LogP contribution >= 0.6 is 0 Å². The molecule has 2 N–H and O–H groups in total. The maximum atomic E-state index is 9.82. The van der Waals surface area contributed by atoms with E-state index in [9.17, 15) is 5.11 Å². The van der Waals surface area contributed by atoms with Gasteiger partial charge in [0.05, 0.1) is 19.0 Å². The molecule has 0 aliphatic carbocycles. The lowest BCUT2D eigenvalue weighted by Gasteiger charge is -2.12. The molecule has 0 spiro atoms. The minimum absolute atomic E-state index is 0.294. The number of benzene rings is 1. The average molecular weight is 289 g/mol. The maximum Gasteiger partial charge on any atom is 0.129 e. The molecule has 0 aliphatic rings.